The van der Waals surface area contributed by atoms with Gasteiger partial charge in [0.1, 0.15) is 19.0 Å². The van der Waals surface area contributed by atoms with Gasteiger partial charge in [-0.2, -0.15) is 0 Å². The first kappa shape index (κ1) is 23.3. The third-order valence-electron chi connectivity index (χ3n) is 4.54. The van der Waals surface area contributed by atoms with Crippen LogP contribution in [-0.2, 0) is 18.0 Å². The summed E-state index contributed by atoms with van der Waals surface area (Å²) in [6, 6.07) is 34.5. The molecule has 0 radical (unpaired) electrons. The molecule has 0 bridgehead atoms. The van der Waals surface area contributed by atoms with Crippen molar-refractivity contribution in [2.24, 2.45) is 0 Å². The van der Waals surface area contributed by atoms with E-state index in [2.05, 4.69) is 4.74 Å². The van der Waals surface area contributed by atoms with Crippen LogP contribution in [0, 0.1) is 0 Å². The van der Waals surface area contributed by atoms with Crippen LogP contribution in [0.3, 0.4) is 0 Å². The van der Waals surface area contributed by atoms with E-state index in [1.807, 2.05) is 84.9 Å². The Kier molecular flexibility index (Phi) is 9.26. The lowest BCUT2D eigenvalue weighted by atomic mass is 10.2. The van der Waals surface area contributed by atoms with Crippen molar-refractivity contribution >= 4 is 12.8 Å². The topological polar surface area (TPSA) is 61.8 Å². The van der Waals surface area contributed by atoms with Crippen molar-refractivity contribution < 1.29 is 23.8 Å². The fourth-order valence-corrected chi connectivity index (χ4v) is 2.90. The van der Waals surface area contributed by atoms with Gasteiger partial charge in [0.2, 0.25) is 0 Å². The molecule has 4 rings (SSSR count). The average Bonchev–Trinajstić information content (AvgIpc) is 2.89. The molecule has 5 nitrogen and oxygen atoms in total. The zero-order valence-electron chi connectivity index (χ0n) is 18.0. The molecule has 4 aromatic carbocycles. The van der Waals surface area contributed by atoms with Gasteiger partial charge in [-0.05, 0) is 35.4 Å². The minimum atomic E-state index is 0.289. The van der Waals surface area contributed by atoms with Gasteiger partial charge in [-0.15, -0.1) is 0 Å². The van der Waals surface area contributed by atoms with E-state index in [9.17, 15) is 9.59 Å². The van der Waals surface area contributed by atoms with Gasteiger partial charge < -0.3 is 14.2 Å². The maximum absolute atomic E-state index is 10.3. The van der Waals surface area contributed by atoms with Crippen molar-refractivity contribution in [1.82, 2.24) is 0 Å². The number of carbonyl (C=O) groups is 2. The number of hydrogen-bond donors (Lipinski definition) is 0. The molecule has 0 aliphatic rings. The molecule has 0 atom stereocenters. The van der Waals surface area contributed by atoms with Crippen molar-refractivity contribution in [3.8, 4) is 17.2 Å². The van der Waals surface area contributed by atoms with Crippen molar-refractivity contribution in [1.29, 1.82) is 0 Å². The number of rotatable bonds is 9. The Morgan fingerprint density at radius 1 is 0.515 bits per heavy atom. The Bertz CT molecular complexity index is 1060. The minimum absolute atomic E-state index is 0.289. The fourth-order valence-electron chi connectivity index (χ4n) is 2.90. The summed E-state index contributed by atoms with van der Waals surface area (Å²) in [4.78, 5) is 20.2. The van der Waals surface area contributed by atoms with Gasteiger partial charge in [0.15, 0.2) is 17.8 Å². The quantitative estimate of drug-likeness (QED) is 0.304. The van der Waals surface area contributed by atoms with E-state index in [0.717, 1.165) is 22.6 Å². The second-order valence-electron chi connectivity index (χ2n) is 6.87. The van der Waals surface area contributed by atoms with Crippen LogP contribution in [0.15, 0.2) is 109 Å². The third-order valence-corrected chi connectivity index (χ3v) is 4.54. The highest BCUT2D eigenvalue weighted by molar-refractivity contribution is 5.79. The van der Waals surface area contributed by atoms with Crippen molar-refractivity contribution in [2.45, 2.75) is 13.2 Å². The molecular formula is C28H24O5. The Morgan fingerprint density at radius 2 is 0.939 bits per heavy atom. The van der Waals surface area contributed by atoms with Crippen LogP contribution < -0.4 is 14.2 Å². The zero-order valence-corrected chi connectivity index (χ0v) is 18.0. The summed E-state index contributed by atoms with van der Waals surface area (Å²) in [6.07, 6.45) is 0.638. The van der Waals surface area contributed by atoms with E-state index in [1.54, 1.807) is 24.3 Å². The van der Waals surface area contributed by atoms with Crippen LogP contribution in [0.4, 0.5) is 0 Å². The summed E-state index contributed by atoms with van der Waals surface area (Å²) in [5, 5.41) is 0. The fraction of sp³-hybridized carbons (Fsp3) is 0.0714. The zero-order chi connectivity index (χ0) is 23.1. The van der Waals surface area contributed by atoms with Crippen LogP contribution in [-0.4, -0.2) is 12.8 Å². The number of aldehydes is 1. The van der Waals surface area contributed by atoms with Crippen LogP contribution >= 0.6 is 0 Å². The van der Waals surface area contributed by atoms with Gasteiger partial charge in [-0.1, -0.05) is 84.9 Å². The third kappa shape index (κ3) is 7.67. The van der Waals surface area contributed by atoms with Gasteiger partial charge in [0.25, 0.3) is 6.47 Å². The maximum atomic E-state index is 10.3. The molecule has 0 heterocycles. The first-order chi connectivity index (χ1) is 16.3. The molecule has 0 aromatic heterocycles. The standard InChI is InChI=1S/C20H18O2.C8H6O3/c1-3-9-17(10-4-1)15-21-19-13-7-8-14-20(19)22-16-18-11-5-2-6-12-18;9-5-7-3-1-2-4-8(7)11-6-10/h1-14H,15-16H2;1-6H. The largest absolute Gasteiger partial charge is 0.485 e. The van der Waals surface area contributed by atoms with Gasteiger partial charge in [-0.25, -0.2) is 0 Å². The predicted octanol–water partition coefficient (Wildman–Crippen LogP) is 5.88. The van der Waals surface area contributed by atoms with E-state index in [1.165, 1.54) is 0 Å². The second-order valence-corrected chi connectivity index (χ2v) is 6.87. The molecule has 33 heavy (non-hydrogen) atoms. The number of carbonyl (C=O) groups excluding carboxylic acids is 2. The van der Waals surface area contributed by atoms with E-state index in [0.29, 0.717) is 31.5 Å². The first-order valence-electron chi connectivity index (χ1n) is 10.4. The van der Waals surface area contributed by atoms with Crippen molar-refractivity contribution in [3.63, 3.8) is 0 Å². The molecule has 0 N–H and O–H groups in total. The highest BCUT2D eigenvalue weighted by atomic mass is 16.5. The van der Waals surface area contributed by atoms with Gasteiger partial charge in [0.05, 0.1) is 5.56 Å². The summed E-state index contributed by atoms with van der Waals surface area (Å²) < 4.78 is 16.3. The molecule has 0 spiro atoms. The smallest absolute Gasteiger partial charge is 0.298 e. The molecule has 0 aliphatic heterocycles. The molecular weight excluding hydrogens is 416 g/mol. The van der Waals surface area contributed by atoms with Crippen LogP contribution in [0.1, 0.15) is 21.5 Å². The van der Waals surface area contributed by atoms with Crippen LogP contribution in [0.25, 0.3) is 0 Å². The molecule has 0 unspecified atom stereocenters. The minimum Gasteiger partial charge on any atom is -0.485 e. The lowest BCUT2D eigenvalue weighted by Gasteiger charge is -2.12. The van der Waals surface area contributed by atoms with Crippen molar-refractivity contribution in [2.75, 3.05) is 0 Å². The number of ether oxygens (including phenoxy) is 3. The Hall–Kier alpha value is -4.38. The van der Waals surface area contributed by atoms with E-state index < -0.39 is 0 Å². The number of hydrogen-bond acceptors (Lipinski definition) is 5. The molecule has 5 heteroatoms. The lowest BCUT2D eigenvalue weighted by molar-refractivity contribution is -0.120. The summed E-state index contributed by atoms with van der Waals surface area (Å²) in [5.41, 5.74) is 2.65. The van der Waals surface area contributed by atoms with E-state index in [4.69, 9.17) is 9.47 Å². The second kappa shape index (κ2) is 13.1. The molecule has 4 aromatic rings. The first-order valence-corrected chi connectivity index (χ1v) is 10.4. The van der Waals surface area contributed by atoms with Gasteiger partial charge in [0, 0.05) is 0 Å². The van der Waals surface area contributed by atoms with Crippen LogP contribution in [0.5, 0.6) is 17.2 Å². The van der Waals surface area contributed by atoms with Crippen LogP contribution in [0.2, 0.25) is 0 Å². The molecule has 0 saturated heterocycles. The Balaban J connectivity index is 0.000000235. The molecule has 0 saturated carbocycles. The lowest BCUT2D eigenvalue weighted by Crippen LogP contribution is -2.00. The summed E-state index contributed by atoms with van der Waals surface area (Å²) in [5.74, 6) is 1.82. The summed E-state index contributed by atoms with van der Waals surface area (Å²) in [6.45, 7) is 1.36. The van der Waals surface area contributed by atoms with E-state index in [-0.39, 0.29) is 5.75 Å². The van der Waals surface area contributed by atoms with Gasteiger partial charge >= 0.3 is 0 Å². The average molecular weight is 440 g/mol. The summed E-state index contributed by atoms with van der Waals surface area (Å²) >= 11 is 0. The summed E-state index contributed by atoms with van der Waals surface area (Å²) in [7, 11) is 0. The highest BCUT2D eigenvalue weighted by Crippen LogP contribution is 2.28. The van der Waals surface area contributed by atoms with E-state index >= 15 is 0 Å². The van der Waals surface area contributed by atoms with Gasteiger partial charge in [-0.3, -0.25) is 9.59 Å². The molecule has 166 valence electrons. The maximum Gasteiger partial charge on any atom is 0.298 e. The Labute approximate surface area is 193 Å². The SMILES string of the molecule is O=COc1ccccc1C=O.c1ccc(COc2ccccc2OCc2ccccc2)cc1. The normalized spacial score (nSPS) is 9.70. The molecule has 0 amide bonds. The van der Waals surface area contributed by atoms with Crippen molar-refractivity contribution in [3.05, 3.63) is 126 Å². The Morgan fingerprint density at radius 3 is 1.39 bits per heavy atom. The predicted molar refractivity (Wildman–Crippen MR) is 127 cm³/mol. The molecule has 0 aliphatic carbocycles. The number of para-hydroxylation sites is 3. The number of benzene rings is 4. The highest BCUT2D eigenvalue weighted by Gasteiger charge is 2.05. The monoisotopic (exact) mass is 440 g/mol. The molecule has 0 fully saturated rings.